The van der Waals surface area contributed by atoms with E-state index in [1.807, 2.05) is 49.4 Å². The standard InChI is InChI=1S/C21H19Cl2N3O2/c1-14-5-4-6-15(9-14)11-25-20(27)13-24-18-7-2-3-8-19(18)28-21-17(23)10-16(22)12-26-21/h2-10,12,24H,11,13H2,1H3,(H,25,27). The van der Waals surface area contributed by atoms with Crippen molar-refractivity contribution in [1.82, 2.24) is 10.3 Å². The number of para-hydroxylation sites is 2. The Kier molecular flexibility index (Phi) is 6.74. The Morgan fingerprint density at radius 1 is 1.11 bits per heavy atom. The highest BCUT2D eigenvalue weighted by Gasteiger charge is 2.10. The number of halogens is 2. The number of amides is 1. The largest absolute Gasteiger partial charge is 0.435 e. The minimum absolute atomic E-state index is 0.105. The van der Waals surface area contributed by atoms with Crippen LogP contribution in [0.2, 0.25) is 10.0 Å². The molecule has 0 saturated heterocycles. The van der Waals surface area contributed by atoms with Crippen molar-refractivity contribution in [2.75, 3.05) is 11.9 Å². The van der Waals surface area contributed by atoms with Crippen LogP contribution < -0.4 is 15.4 Å². The summed E-state index contributed by atoms with van der Waals surface area (Å²) in [5.41, 5.74) is 2.87. The normalized spacial score (nSPS) is 10.4. The second-order valence-electron chi connectivity index (χ2n) is 6.16. The minimum Gasteiger partial charge on any atom is -0.435 e. The molecule has 0 bridgehead atoms. The van der Waals surface area contributed by atoms with Crippen LogP contribution in [-0.2, 0) is 11.3 Å². The van der Waals surface area contributed by atoms with Gasteiger partial charge >= 0.3 is 0 Å². The lowest BCUT2D eigenvalue weighted by molar-refractivity contribution is -0.119. The lowest BCUT2D eigenvalue weighted by Crippen LogP contribution is -2.29. The van der Waals surface area contributed by atoms with Gasteiger partial charge in [-0.2, -0.15) is 0 Å². The maximum atomic E-state index is 12.2. The Bertz CT molecular complexity index is 979. The third kappa shape index (κ3) is 5.62. The molecule has 28 heavy (non-hydrogen) atoms. The zero-order valence-corrected chi connectivity index (χ0v) is 16.7. The number of aryl methyl sites for hydroxylation is 1. The third-order valence-corrected chi connectivity index (χ3v) is 4.36. The summed E-state index contributed by atoms with van der Waals surface area (Å²) in [6, 6.07) is 16.8. The fraction of sp³-hybridized carbons (Fsp3) is 0.143. The second-order valence-corrected chi connectivity index (χ2v) is 7.00. The average Bonchev–Trinajstić information content (AvgIpc) is 2.68. The molecule has 0 radical (unpaired) electrons. The quantitative estimate of drug-likeness (QED) is 0.555. The maximum Gasteiger partial charge on any atom is 0.239 e. The summed E-state index contributed by atoms with van der Waals surface area (Å²) in [5.74, 6) is 0.619. The summed E-state index contributed by atoms with van der Waals surface area (Å²) in [6.45, 7) is 2.60. The fourth-order valence-electron chi connectivity index (χ4n) is 2.54. The van der Waals surface area contributed by atoms with E-state index in [2.05, 4.69) is 15.6 Å². The van der Waals surface area contributed by atoms with Crippen molar-refractivity contribution in [2.24, 2.45) is 0 Å². The van der Waals surface area contributed by atoms with Gasteiger partial charge in [-0.05, 0) is 30.7 Å². The van der Waals surface area contributed by atoms with Crippen LogP contribution in [0.4, 0.5) is 5.69 Å². The number of carbonyl (C=O) groups is 1. The van der Waals surface area contributed by atoms with Crippen LogP contribution in [0.15, 0.2) is 60.8 Å². The van der Waals surface area contributed by atoms with Gasteiger partial charge in [0.2, 0.25) is 11.8 Å². The summed E-state index contributed by atoms with van der Waals surface area (Å²) >= 11 is 12.0. The number of hydrogen-bond acceptors (Lipinski definition) is 4. The van der Waals surface area contributed by atoms with E-state index in [0.717, 1.165) is 11.1 Å². The molecule has 1 amide bonds. The van der Waals surface area contributed by atoms with Crippen LogP contribution in [0, 0.1) is 6.92 Å². The van der Waals surface area contributed by atoms with Crippen molar-refractivity contribution in [3.63, 3.8) is 0 Å². The first-order chi connectivity index (χ1) is 13.5. The van der Waals surface area contributed by atoms with Gasteiger partial charge < -0.3 is 15.4 Å². The number of pyridine rings is 1. The molecule has 3 aromatic rings. The first-order valence-corrected chi connectivity index (χ1v) is 9.41. The molecular weight excluding hydrogens is 397 g/mol. The van der Waals surface area contributed by atoms with Crippen LogP contribution in [0.3, 0.4) is 0 Å². The number of nitrogens with zero attached hydrogens (tertiary/aromatic N) is 1. The lowest BCUT2D eigenvalue weighted by Gasteiger charge is -2.13. The van der Waals surface area contributed by atoms with E-state index in [9.17, 15) is 4.79 Å². The zero-order chi connectivity index (χ0) is 19.9. The van der Waals surface area contributed by atoms with Crippen LogP contribution >= 0.6 is 23.2 Å². The number of carbonyl (C=O) groups excluding carboxylic acids is 1. The summed E-state index contributed by atoms with van der Waals surface area (Å²) in [7, 11) is 0. The molecule has 0 fully saturated rings. The summed E-state index contributed by atoms with van der Waals surface area (Å²) in [4.78, 5) is 16.3. The predicted molar refractivity (Wildman–Crippen MR) is 112 cm³/mol. The molecule has 1 aromatic heterocycles. The molecular formula is C21H19Cl2N3O2. The van der Waals surface area contributed by atoms with Crippen molar-refractivity contribution in [3.05, 3.63) is 82.0 Å². The minimum atomic E-state index is -0.126. The van der Waals surface area contributed by atoms with Crippen molar-refractivity contribution in [3.8, 4) is 11.6 Å². The monoisotopic (exact) mass is 415 g/mol. The Labute approximate surface area is 173 Å². The highest BCUT2D eigenvalue weighted by Crippen LogP contribution is 2.33. The van der Waals surface area contributed by atoms with E-state index < -0.39 is 0 Å². The molecule has 0 unspecified atom stereocenters. The smallest absolute Gasteiger partial charge is 0.239 e. The number of benzene rings is 2. The van der Waals surface area contributed by atoms with E-state index >= 15 is 0 Å². The van der Waals surface area contributed by atoms with Gasteiger partial charge in [-0.25, -0.2) is 4.98 Å². The van der Waals surface area contributed by atoms with Crippen molar-refractivity contribution in [1.29, 1.82) is 0 Å². The first kappa shape index (κ1) is 20.0. The second kappa shape index (κ2) is 9.44. The van der Waals surface area contributed by atoms with E-state index in [0.29, 0.717) is 28.0 Å². The Balaban J connectivity index is 1.59. The molecule has 0 saturated carbocycles. The van der Waals surface area contributed by atoms with Gasteiger partial charge in [-0.15, -0.1) is 0 Å². The molecule has 0 aliphatic rings. The molecule has 7 heteroatoms. The van der Waals surface area contributed by atoms with Gasteiger partial charge in [-0.3, -0.25) is 4.79 Å². The summed E-state index contributed by atoms with van der Waals surface area (Å²) in [5, 5.41) is 6.70. The van der Waals surface area contributed by atoms with Crippen molar-refractivity contribution in [2.45, 2.75) is 13.5 Å². The highest BCUT2D eigenvalue weighted by atomic mass is 35.5. The Morgan fingerprint density at radius 3 is 2.71 bits per heavy atom. The van der Waals surface area contributed by atoms with Gasteiger partial charge in [-0.1, -0.05) is 65.2 Å². The van der Waals surface area contributed by atoms with Gasteiger partial charge in [0.15, 0.2) is 5.75 Å². The molecule has 0 spiro atoms. The van der Waals surface area contributed by atoms with E-state index in [1.54, 1.807) is 12.1 Å². The predicted octanol–water partition coefficient (Wildman–Crippen LogP) is 5.22. The summed E-state index contributed by atoms with van der Waals surface area (Å²) in [6.07, 6.45) is 1.46. The molecule has 2 N–H and O–H groups in total. The van der Waals surface area contributed by atoms with Crippen LogP contribution in [-0.4, -0.2) is 17.4 Å². The highest BCUT2D eigenvalue weighted by molar-refractivity contribution is 6.35. The van der Waals surface area contributed by atoms with E-state index in [-0.39, 0.29) is 18.3 Å². The molecule has 144 valence electrons. The van der Waals surface area contributed by atoms with Crippen LogP contribution in [0.25, 0.3) is 0 Å². The summed E-state index contributed by atoms with van der Waals surface area (Å²) < 4.78 is 5.77. The molecule has 5 nitrogen and oxygen atoms in total. The number of nitrogens with one attached hydrogen (secondary N) is 2. The number of rotatable bonds is 7. The Hall–Kier alpha value is -2.76. The first-order valence-electron chi connectivity index (χ1n) is 8.65. The topological polar surface area (TPSA) is 63.2 Å². The van der Waals surface area contributed by atoms with Crippen LogP contribution in [0.1, 0.15) is 11.1 Å². The van der Waals surface area contributed by atoms with Gasteiger partial charge in [0.05, 0.1) is 17.3 Å². The zero-order valence-electron chi connectivity index (χ0n) is 15.2. The fourth-order valence-corrected chi connectivity index (χ4v) is 2.96. The lowest BCUT2D eigenvalue weighted by atomic mass is 10.1. The van der Waals surface area contributed by atoms with E-state index in [1.165, 1.54) is 6.20 Å². The van der Waals surface area contributed by atoms with Gasteiger partial charge in [0.25, 0.3) is 0 Å². The van der Waals surface area contributed by atoms with Crippen molar-refractivity contribution >= 4 is 34.8 Å². The SMILES string of the molecule is Cc1cccc(CNC(=O)CNc2ccccc2Oc2ncc(Cl)cc2Cl)c1. The van der Waals surface area contributed by atoms with Crippen LogP contribution in [0.5, 0.6) is 11.6 Å². The molecule has 0 aliphatic heterocycles. The third-order valence-electron chi connectivity index (χ3n) is 3.88. The average molecular weight is 416 g/mol. The molecule has 0 atom stereocenters. The molecule has 0 aliphatic carbocycles. The van der Waals surface area contributed by atoms with Gasteiger partial charge in [0, 0.05) is 12.7 Å². The number of anilines is 1. The van der Waals surface area contributed by atoms with Crippen molar-refractivity contribution < 1.29 is 9.53 Å². The maximum absolute atomic E-state index is 12.2. The molecule has 1 heterocycles. The van der Waals surface area contributed by atoms with E-state index in [4.69, 9.17) is 27.9 Å². The number of aromatic nitrogens is 1. The van der Waals surface area contributed by atoms with Gasteiger partial charge in [0.1, 0.15) is 5.02 Å². The molecule has 3 rings (SSSR count). The number of hydrogen-bond donors (Lipinski definition) is 2. The number of ether oxygens (including phenoxy) is 1. The Morgan fingerprint density at radius 2 is 1.93 bits per heavy atom. The molecule has 2 aromatic carbocycles.